The predicted octanol–water partition coefficient (Wildman–Crippen LogP) is 12.3. The third kappa shape index (κ3) is 5.79. The summed E-state index contributed by atoms with van der Waals surface area (Å²) in [6.45, 7) is 16.6. The van der Waals surface area contributed by atoms with Crippen LogP contribution in [0.15, 0.2) is 170 Å². The van der Waals surface area contributed by atoms with E-state index in [1.54, 1.807) is 0 Å². The minimum Gasteiger partial charge on any atom is -0.332 e. The van der Waals surface area contributed by atoms with Gasteiger partial charge in [-0.15, -0.1) is 0 Å². The van der Waals surface area contributed by atoms with Crippen LogP contribution in [0.5, 0.6) is 0 Å². The number of hydrogen-bond donors (Lipinski definition) is 0. The molecule has 0 amide bonds. The molecule has 0 N–H and O–H groups in total. The molecule has 2 heterocycles. The highest BCUT2D eigenvalue weighted by Gasteiger charge is 2.57. The molecule has 2 unspecified atom stereocenters. The van der Waals surface area contributed by atoms with Crippen LogP contribution in [0.2, 0.25) is 5.82 Å². The van der Waals surface area contributed by atoms with Crippen molar-refractivity contribution in [1.29, 1.82) is 0 Å². The second-order valence-electron chi connectivity index (χ2n) is 17.9. The minimum atomic E-state index is -0.401. The average Bonchev–Trinajstić information content (AvgIpc) is 3.47. The normalized spacial score (nSPS) is 20.0. The highest BCUT2D eigenvalue weighted by Crippen LogP contribution is 2.57. The number of rotatable bonds is 4. The number of hydrogen-bond acceptors (Lipinski definition) is 2. The van der Waals surface area contributed by atoms with Crippen LogP contribution in [0.25, 0.3) is 16.7 Å². The molecule has 2 aliphatic carbocycles. The first kappa shape index (κ1) is 35.2. The second-order valence-corrected chi connectivity index (χ2v) is 17.9. The van der Waals surface area contributed by atoms with E-state index in [1.807, 2.05) is 0 Å². The standard InChI is InChI=1S/C52H51BN2/c1-50(2,3)38-29-31-42-47(34-38)54(44-26-17-15-24-40(44)36-20-11-8-9-12-21-36)46-28-19-33-52(7)49(46)53(42)43-32-30-39(51(4,5)6)35-48(43)55(52)45-27-18-16-25-41(45)37-22-13-10-14-23-37/h8-11,13-35,49H,12H2,1-7H3. The zero-order valence-corrected chi connectivity index (χ0v) is 33.3. The van der Waals surface area contributed by atoms with Crippen LogP contribution in [-0.2, 0) is 10.8 Å². The number of fused-ring (bicyclic) bond motifs is 4. The Labute approximate surface area is 329 Å². The van der Waals surface area contributed by atoms with Gasteiger partial charge in [0.05, 0.1) is 11.2 Å². The highest BCUT2D eigenvalue weighted by atomic mass is 15.2. The van der Waals surface area contributed by atoms with Crippen LogP contribution in [0.1, 0.15) is 71.6 Å². The average molecular weight is 715 g/mol. The van der Waals surface area contributed by atoms with E-state index in [9.17, 15) is 0 Å². The van der Waals surface area contributed by atoms with Crippen molar-refractivity contribution in [2.75, 3.05) is 9.80 Å². The molecule has 5 aromatic carbocycles. The van der Waals surface area contributed by atoms with E-state index in [0.717, 1.165) is 6.42 Å². The van der Waals surface area contributed by atoms with Gasteiger partial charge in [0.25, 0.3) is 0 Å². The Morgan fingerprint density at radius 1 is 0.618 bits per heavy atom. The van der Waals surface area contributed by atoms with E-state index >= 15 is 0 Å². The SMILES string of the molecule is CC(C)(C)c1ccc2c(c1)N(c1ccccc1C1=CCC=CC=C1)C1=CC=CC3(C)C1B2c1ccc(C(C)(C)C)cc1N3c1ccccc1-c1ccccc1. The molecular formula is C52H51BN2. The molecule has 55 heavy (non-hydrogen) atoms. The minimum absolute atomic E-state index is 0.00528. The largest absolute Gasteiger partial charge is 0.332 e. The van der Waals surface area contributed by atoms with E-state index in [2.05, 4.69) is 222 Å². The van der Waals surface area contributed by atoms with Gasteiger partial charge in [-0.05, 0) is 82.2 Å². The maximum absolute atomic E-state index is 2.70. The molecule has 3 heteroatoms. The summed E-state index contributed by atoms with van der Waals surface area (Å²) in [5, 5.41) is 0. The highest BCUT2D eigenvalue weighted by molar-refractivity contribution is 6.90. The number of benzene rings is 5. The van der Waals surface area contributed by atoms with E-state index in [0.29, 0.717) is 0 Å². The van der Waals surface area contributed by atoms with Crippen molar-refractivity contribution < 1.29 is 0 Å². The maximum Gasteiger partial charge on any atom is 0.226 e. The van der Waals surface area contributed by atoms with Gasteiger partial charge in [-0.3, -0.25) is 0 Å². The fraction of sp³-hybridized carbons (Fsp3) is 0.231. The van der Waals surface area contributed by atoms with Gasteiger partial charge in [-0.2, -0.15) is 0 Å². The number of nitrogens with zero attached hydrogens (tertiary/aromatic N) is 2. The van der Waals surface area contributed by atoms with Crippen LogP contribution in [0, 0.1) is 0 Å². The van der Waals surface area contributed by atoms with Gasteiger partial charge in [0.1, 0.15) is 0 Å². The lowest BCUT2D eigenvalue weighted by molar-refractivity contribution is 0.535. The molecule has 0 bridgehead atoms. The first-order chi connectivity index (χ1) is 26.4. The molecule has 2 atom stereocenters. The summed E-state index contributed by atoms with van der Waals surface area (Å²) in [7, 11) is 0. The van der Waals surface area contributed by atoms with Crippen LogP contribution < -0.4 is 20.7 Å². The first-order valence-electron chi connectivity index (χ1n) is 20.0. The zero-order valence-electron chi connectivity index (χ0n) is 33.3. The Balaban J connectivity index is 1.36. The summed E-state index contributed by atoms with van der Waals surface area (Å²) in [5.41, 5.74) is 16.4. The Morgan fingerprint density at radius 2 is 1.24 bits per heavy atom. The molecular weight excluding hydrogens is 663 g/mol. The molecule has 2 nitrogen and oxygen atoms in total. The van der Waals surface area contributed by atoms with Crippen molar-refractivity contribution in [3.8, 4) is 11.1 Å². The number of allylic oxidation sites excluding steroid dienone is 8. The Kier molecular flexibility index (Phi) is 8.35. The van der Waals surface area contributed by atoms with E-state index in [4.69, 9.17) is 0 Å². The van der Waals surface area contributed by atoms with Crippen LogP contribution >= 0.6 is 0 Å². The summed E-state index contributed by atoms with van der Waals surface area (Å²) < 4.78 is 0. The van der Waals surface area contributed by atoms with Gasteiger partial charge in [0, 0.05) is 39.7 Å². The van der Waals surface area contributed by atoms with Gasteiger partial charge in [0.2, 0.25) is 6.71 Å². The van der Waals surface area contributed by atoms with E-state index in [-0.39, 0.29) is 23.4 Å². The Bertz CT molecular complexity index is 2470. The molecule has 9 rings (SSSR count). The molecule has 272 valence electrons. The van der Waals surface area contributed by atoms with E-state index in [1.165, 1.54) is 72.8 Å². The number of anilines is 4. The lowest BCUT2D eigenvalue weighted by Gasteiger charge is -2.58. The lowest BCUT2D eigenvalue weighted by Crippen LogP contribution is -2.68. The van der Waals surface area contributed by atoms with Crippen molar-refractivity contribution in [2.24, 2.45) is 0 Å². The first-order valence-corrected chi connectivity index (χ1v) is 20.0. The fourth-order valence-corrected chi connectivity index (χ4v) is 9.52. The lowest BCUT2D eigenvalue weighted by atomic mass is 9.26. The maximum atomic E-state index is 2.70. The number of para-hydroxylation sites is 2. The Hall–Kier alpha value is -5.54. The topological polar surface area (TPSA) is 6.48 Å². The van der Waals surface area contributed by atoms with Crippen molar-refractivity contribution in [1.82, 2.24) is 0 Å². The van der Waals surface area contributed by atoms with Crippen LogP contribution in [0.3, 0.4) is 0 Å². The van der Waals surface area contributed by atoms with Crippen molar-refractivity contribution >= 4 is 46.0 Å². The quantitative estimate of drug-likeness (QED) is 0.171. The van der Waals surface area contributed by atoms with Gasteiger partial charge >= 0.3 is 0 Å². The third-order valence-electron chi connectivity index (χ3n) is 12.3. The molecule has 0 fully saturated rings. The van der Waals surface area contributed by atoms with Crippen LogP contribution in [0.4, 0.5) is 22.7 Å². The molecule has 0 spiro atoms. The van der Waals surface area contributed by atoms with Gasteiger partial charge in [-0.25, -0.2) is 0 Å². The zero-order chi connectivity index (χ0) is 38.1. The molecule has 2 aliphatic heterocycles. The molecule has 5 aromatic rings. The molecule has 0 aromatic heterocycles. The fourth-order valence-electron chi connectivity index (χ4n) is 9.52. The van der Waals surface area contributed by atoms with Crippen molar-refractivity contribution in [2.45, 2.75) is 77.1 Å². The summed E-state index contributed by atoms with van der Waals surface area (Å²) in [4.78, 5) is 5.33. The Morgan fingerprint density at radius 3 is 1.95 bits per heavy atom. The summed E-state index contributed by atoms with van der Waals surface area (Å²) in [6.07, 6.45) is 19.4. The van der Waals surface area contributed by atoms with Gasteiger partial charge in [-0.1, -0.05) is 181 Å². The molecule has 0 radical (unpaired) electrons. The van der Waals surface area contributed by atoms with Crippen molar-refractivity contribution in [3.63, 3.8) is 0 Å². The summed E-state index contributed by atoms with van der Waals surface area (Å²) >= 11 is 0. The summed E-state index contributed by atoms with van der Waals surface area (Å²) in [5.74, 6) is 0.121. The predicted molar refractivity (Wildman–Crippen MR) is 238 cm³/mol. The summed E-state index contributed by atoms with van der Waals surface area (Å²) in [6, 6.07) is 43.7. The molecule has 0 saturated heterocycles. The molecule has 0 saturated carbocycles. The van der Waals surface area contributed by atoms with Gasteiger partial charge < -0.3 is 9.80 Å². The monoisotopic (exact) mass is 714 g/mol. The van der Waals surface area contributed by atoms with Crippen molar-refractivity contribution in [3.05, 3.63) is 186 Å². The van der Waals surface area contributed by atoms with E-state index < -0.39 is 5.54 Å². The smallest absolute Gasteiger partial charge is 0.226 e. The third-order valence-corrected chi connectivity index (χ3v) is 12.3. The van der Waals surface area contributed by atoms with Gasteiger partial charge in [0.15, 0.2) is 0 Å². The molecule has 4 aliphatic rings. The van der Waals surface area contributed by atoms with Crippen LogP contribution in [-0.4, -0.2) is 12.3 Å². The second kappa shape index (κ2) is 13.1.